The molecule has 31 heavy (non-hydrogen) atoms. The van der Waals surface area contributed by atoms with Crippen molar-refractivity contribution in [3.8, 4) is 0 Å². The van der Waals surface area contributed by atoms with E-state index in [1.807, 2.05) is 29.2 Å². The molecule has 1 atom stereocenters. The second kappa shape index (κ2) is 8.75. The van der Waals surface area contributed by atoms with Crippen molar-refractivity contribution in [3.63, 3.8) is 0 Å². The maximum absolute atomic E-state index is 13.1. The Morgan fingerprint density at radius 1 is 1.06 bits per heavy atom. The van der Waals surface area contributed by atoms with Crippen molar-refractivity contribution < 1.29 is 14.5 Å². The number of amides is 2. The van der Waals surface area contributed by atoms with Crippen LogP contribution < -0.4 is 9.80 Å². The summed E-state index contributed by atoms with van der Waals surface area (Å²) < 4.78 is 0. The summed E-state index contributed by atoms with van der Waals surface area (Å²) >= 11 is 0. The first kappa shape index (κ1) is 20.8. The SMILES string of the molecule is CCc1ccccc1N1CC(C(=O)N2CCN(c3ccc([N+](=O)[O-])cc3)CC2)CC1=O. The van der Waals surface area contributed by atoms with Crippen molar-refractivity contribution in [3.05, 3.63) is 64.2 Å². The zero-order chi connectivity index (χ0) is 22.0. The normalized spacial score (nSPS) is 19.1. The minimum absolute atomic E-state index is 0.00349. The molecule has 2 aromatic rings. The number of hydrogen-bond acceptors (Lipinski definition) is 5. The summed E-state index contributed by atoms with van der Waals surface area (Å²) in [6, 6.07) is 14.4. The van der Waals surface area contributed by atoms with E-state index in [1.165, 1.54) is 12.1 Å². The van der Waals surface area contributed by atoms with Crippen LogP contribution in [0.25, 0.3) is 0 Å². The van der Waals surface area contributed by atoms with E-state index in [1.54, 1.807) is 17.0 Å². The molecule has 0 saturated carbocycles. The number of non-ortho nitro benzene ring substituents is 1. The van der Waals surface area contributed by atoms with Gasteiger partial charge < -0.3 is 14.7 Å². The quantitative estimate of drug-likeness (QED) is 0.546. The first-order valence-corrected chi connectivity index (χ1v) is 10.6. The molecule has 162 valence electrons. The lowest BCUT2D eigenvalue weighted by molar-refractivity contribution is -0.384. The molecular formula is C23H26N4O4. The Morgan fingerprint density at radius 3 is 2.39 bits per heavy atom. The molecule has 0 radical (unpaired) electrons. The van der Waals surface area contributed by atoms with Crippen LogP contribution in [0.3, 0.4) is 0 Å². The van der Waals surface area contributed by atoms with Gasteiger partial charge in [0.1, 0.15) is 0 Å². The summed E-state index contributed by atoms with van der Waals surface area (Å²) in [6.45, 7) is 4.96. The Labute approximate surface area is 181 Å². The molecule has 2 amide bonds. The van der Waals surface area contributed by atoms with Gasteiger partial charge in [-0.25, -0.2) is 0 Å². The lowest BCUT2D eigenvalue weighted by atomic mass is 10.1. The van der Waals surface area contributed by atoms with Crippen LogP contribution in [0.1, 0.15) is 18.9 Å². The van der Waals surface area contributed by atoms with Gasteiger partial charge in [0.05, 0.1) is 10.8 Å². The van der Waals surface area contributed by atoms with Crippen LogP contribution in [-0.4, -0.2) is 54.4 Å². The van der Waals surface area contributed by atoms with E-state index in [0.29, 0.717) is 32.7 Å². The third-order valence-electron chi connectivity index (χ3n) is 6.15. The highest BCUT2D eigenvalue weighted by Gasteiger charge is 2.38. The molecule has 2 aliphatic heterocycles. The van der Waals surface area contributed by atoms with Gasteiger partial charge >= 0.3 is 0 Å². The number of rotatable bonds is 5. The van der Waals surface area contributed by atoms with Crippen LogP contribution in [0.5, 0.6) is 0 Å². The number of nitro benzene ring substituents is 1. The van der Waals surface area contributed by atoms with Crippen molar-refractivity contribution >= 4 is 28.9 Å². The van der Waals surface area contributed by atoms with E-state index < -0.39 is 4.92 Å². The van der Waals surface area contributed by atoms with Gasteiger partial charge in [-0.1, -0.05) is 25.1 Å². The van der Waals surface area contributed by atoms with Gasteiger partial charge in [-0.15, -0.1) is 0 Å². The number of piperazine rings is 1. The van der Waals surface area contributed by atoms with E-state index >= 15 is 0 Å². The number of benzene rings is 2. The molecule has 0 spiro atoms. The molecule has 0 bridgehead atoms. The molecule has 2 aromatic carbocycles. The fourth-order valence-corrected chi connectivity index (χ4v) is 4.41. The molecule has 2 aliphatic rings. The summed E-state index contributed by atoms with van der Waals surface area (Å²) in [6.07, 6.45) is 1.09. The second-order valence-corrected chi connectivity index (χ2v) is 7.97. The molecule has 4 rings (SSSR count). The Morgan fingerprint density at radius 2 is 1.74 bits per heavy atom. The lowest BCUT2D eigenvalue weighted by Gasteiger charge is -2.37. The Hall–Kier alpha value is -3.42. The summed E-state index contributed by atoms with van der Waals surface area (Å²) in [5, 5.41) is 10.8. The highest BCUT2D eigenvalue weighted by atomic mass is 16.6. The Balaban J connectivity index is 1.37. The first-order chi connectivity index (χ1) is 15.0. The maximum Gasteiger partial charge on any atom is 0.269 e. The minimum atomic E-state index is -0.411. The number of aryl methyl sites for hydroxylation is 1. The minimum Gasteiger partial charge on any atom is -0.368 e. The fraction of sp³-hybridized carbons (Fsp3) is 0.391. The molecule has 2 heterocycles. The van der Waals surface area contributed by atoms with Crippen LogP contribution in [0.4, 0.5) is 17.1 Å². The Kier molecular flexibility index (Phi) is 5.88. The van der Waals surface area contributed by atoms with Crippen molar-refractivity contribution in [1.29, 1.82) is 0 Å². The maximum atomic E-state index is 13.1. The second-order valence-electron chi connectivity index (χ2n) is 7.97. The number of carbonyl (C=O) groups excluding carboxylic acids is 2. The van der Waals surface area contributed by atoms with E-state index in [9.17, 15) is 19.7 Å². The molecule has 0 aromatic heterocycles. The third kappa shape index (κ3) is 4.23. The molecule has 1 unspecified atom stereocenters. The summed E-state index contributed by atoms with van der Waals surface area (Å²) in [5.74, 6) is -0.278. The van der Waals surface area contributed by atoms with E-state index in [-0.39, 0.29) is 29.8 Å². The predicted octanol–water partition coefficient (Wildman–Crippen LogP) is 2.86. The van der Waals surface area contributed by atoms with Crippen molar-refractivity contribution in [1.82, 2.24) is 4.90 Å². The van der Waals surface area contributed by atoms with Gasteiger partial charge in [0.15, 0.2) is 0 Å². The van der Waals surface area contributed by atoms with E-state index in [4.69, 9.17) is 0 Å². The van der Waals surface area contributed by atoms with Crippen LogP contribution in [0, 0.1) is 16.0 Å². The summed E-state index contributed by atoms with van der Waals surface area (Å²) in [7, 11) is 0. The Bertz CT molecular complexity index is 983. The van der Waals surface area contributed by atoms with Gasteiger partial charge in [-0.2, -0.15) is 0 Å². The third-order valence-corrected chi connectivity index (χ3v) is 6.15. The number of nitro groups is 1. The van der Waals surface area contributed by atoms with Crippen molar-refractivity contribution in [2.24, 2.45) is 5.92 Å². The standard InChI is InChI=1S/C23H26N4O4/c1-2-17-5-3-4-6-21(17)26-16-18(15-22(26)28)23(29)25-13-11-24(12-14-25)19-7-9-20(10-8-19)27(30)31/h3-10,18H,2,11-16H2,1H3. The average Bonchev–Trinajstić information content (AvgIpc) is 3.20. The average molecular weight is 422 g/mol. The number of anilines is 2. The molecule has 2 fully saturated rings. The summed E-state index contributed by atoms with van der Waals surface area (Å²) in [4.78, 5) is 41.9. The number of nitrogens with zero attached hydrogens (tertiary/aromatic N) is 4. The zero-order valence-electron chi connectivity index (χ0n) is 17.6. The largest absolute Gasteiger partial charge is 0.368 e. The van der Waals surface area contributed by atoms with E-state index in [0.717, 1.165) is 23.4 Å². The molecule has 2 saturated heterocycles. The molecule has 8 nitrogen and oxygen atoms in total. The van der Waals surface area contributed by atoms with Gasteiger partial charge in [0.25, 0.3) is 5.69 Å². The molecular weight excluding hydrogens is 396 g/mol. The van der Waals surface area contributed by atoms with Gasteiger partial charge in [-0.05, 0) is 30.2 Å². The van der Waals surface area contributed by atoms with Crippen LogP contribution >= 0.6 is 0 Å². The fourth-order valence-electron chi connectivity index (χ4n) is 4.41. The predicted molar refractivity (Wildman–Crippen MR) is 118 cm³/mol. The topological polar surface area (TPSA) is 87.0 Å². The monoisotopic (exact) mass is 422 g/mol. The first-order valence-electron chi connectivity index (χ1n) is 10.6. The molecule has 8 heteroatoms. The number of carbonyl (C=O) groups is 2. The van der Waals surface area contributed by atoms with Crippen molar-refractivity contribution in [2.75, 3.05) is 42.5 Å². The highest BCUT2D eigenvalue weighted by molar-refractivity contribution is 6.00. The van der Waals surface area contributed by atoms with Gasteiger partial charge in [0, 0.05) is 62.7 Å². The smallest absolute Gasteiger partial charge is 0.269 e. The molecule has 0 N–H and O–H groups in total. The molecule has 0 aliphatic carbocycles. The lowest BCUT2D eigenvalue weighted by Crippen LogP contribution is -2.50. The van der Waals surface area contributed by atoms with Crippen LogP contribution in [-0.2, 0) is 16.0 Å². The number of hydrogen-bond donors (Lipinski definition) is 0. The van der Waals surface area contributed by atoms with Crippen LogP contribution in [0.15, 0.2) is 48.5 Å². The summed E-state index contributed by atoms with van der Waals surface area (Å²) in [5.41, 5.74) is 3.00. The van der Waals surface area contributed by atoms with Gasteiger partial charge in [0.2, 0.25) is 11.8 Å². The highest BCUT2D eigenvalue weighted by Crippen LogP contribution is 2.30. The van der Waals surface area contributed by atoms with E-state index in [2.05, 4.69) is 11.8 Å². The van der Waals surface area contributed by atoms with Crippen molar-refractivity contribution in [2.45, 2.75) is 19.8 Å². The van der Waals surface area contributed by atoms with Gasteiger partial charge in [-0.3, -0.25) is 19.7 Å². The number of para-hydroxylation sites is 1. The van der Waals surface area contributed by atoms with Crippen LogP contribution in [0.2, 0.25) is 0 Å². The zero-order valence-corrected chi connectivity index (χ0v) is 17.6.